The van der Waals surface area contributed by atoms with Gasteiger partial charge in [-0.2, -0.15) is 0 Å². The molecule has 2 nitrogen and oxygen atoms in total. The third-order valence-electron chi connectivity index (χ3n) is 4.13. The minimum absolute atomic E-state index is 0.0213. The number of amides is 1. The van der Waals surface area contributed by atoms with Gasteiger partial charge in [-0.05, 0) is 34.0 Å². The quantitative estimate of drug-likeness (QED) is 0.470. The second-order valence-electron chi connectivity index (χ2n) is 5.86. The van der Waals surface area contributed by atoms with Crippen molar-refractivity contribution >= 4 is 51.1 Å². The molecule has 3 aromatic carbocycles. The first-order chi connectivity index (χ1) is 12.2. The zero-order valence-corrected chi connectivity index (χ0v) is 15.0. The molecule has 0 saturated carbocycles. The van der Waals surface area contributed by atoms with Gasteiger partial charge in [0, 0.05) is 0 Å². The van der Waals surface area contributed by atoms with E-state index in [-0.39, 0.29) is 5.91 Å². The van der Waals surface area contributed by atoms with Gasteiger partial charge < -0.3 is 0 Å². The summed E-state index contributed by atoms with van der Waals surface area (Å²) in [7, 11) is 0. The summed E-state index contributed by atoms with van der Waals surface area (Å²) < 4.78 is 0.612. The Bertz CT molecular complexity index is 995. The molecule has 25 heavy (non-hydrogen) atoms. The van der Waals surface area contributed by atoms with Crippen LogP contribution in [0.25, 0.3) is 16.8 Å². The molecular formula is C21H15NOS2. The number of benzene rings is 3. The molecule has 1 aliphatic heterocycles. The summed E-state index contributed by atoms with van der Waals surface area (Å²) in [6.07, 6.45) is 1.93. The molecule has 0 N–H and O–H groups in total. The molecule has 4 rings (SSSR count). The van der Waals surface area contributed by atoms with Gasteiger partial charge in [-0.3, -0.25) is 9.69 Å². The van der Waals surface area contributed by atoms with Gasteiger partial charge in [0.25, 0.3) is 5.91 Å². The average Bonchev–Trinajstić information content (AvgIpc) is 2.90. The summed E-state index contributed by atoms with van der Waals surface area (Å²) in [6.45, 7) is 0.514. The zero-order valence-electron chi connectivity index (χ0n) is 13.4. The molecule has 3 aromatic rings. The van der Waals surface area contributed by atoms with Crippen molar-refractivity contribution in [2.45, 2.75) is 6.54 Å². The highest BCUT2D eigenvalue weighted by Gasteiger charge is 2.31. The van der Waals surface area contributed by atoms with Gasteiger partial charge in [0.1, 0.15) is 4.32 Å². The Morgan fingerprint density at radius 2 is 1.64 bits per heavy atom. The number of rotatable bonds is 3. The predicted molar refractivity (Wildman–Crippen MR) is 109 cm³/mol. The van der Waals surface area contributed by atoms with E-state index in [1.54, 1.807) is 4.90 Å². The van der Waals surface area contributed by atoms with Crippen molar-refractivity contribution in [3.8, 4) is 0 Å². The molecule has 0 unspecified atom stereocenters. The van der Waals surface area contributed by atoms with Crippen molar-refractivity contribution in [3.63, 3.8) is 0 Å². The summed E-state index contributed by atoms with van der Waals surface area (Å²) in [6, 6.07) is 24.3. The number of thioether (sulfide) groups is 1. The van der Waals surface area contributed by atoms with Crippen LogP contribution in [0.3, 0.4) is 0 Å². The molecule has 0 spiro atoms. The maximum atomic E-state index is 12.7. The van der Waals surface area contributed by atoms with Crippen LogP contribution in [0.4, 0.5) is 0 Å². The van der Waals surface area contributed by atoms with E-state index in [0.717, 1.165) is 16.5 Å². The Morgan fingerprint density at radius 3 is 2.44 bits per heavy atom. The minimum atomic E-state index is -0.0213. The maximum Gasteiger partial charge on any atom is 0.266 e. The largest absolute Gasteiger partial charge is 0.288 e. The van der Waals surface area contributed by atoms with E-state index in [1.807, 2.05) is 54.6 Å². The van der Waals surface area contributed by atoms with Crippen LogP contribution < -0.4 is 0 Å². The topological polar surface area (TPSA) is 20.3 Å². The predicted octanol–water partition coefficient (Wildman–Crippen LogP) is 5.24. The van der Waals surface area contributed by atoms with Gasteiger partial charge in [0.15, 0.2) is 0 Å². The molecule has 4 heteroatoms. The summed E-state index contributed by atoms with van der Waals surface area (Å²) in [5, 5.41) is 2.35. The lowest BCUT2D eigenvalue weighted by Gasteiger charge is -2.14. The van der Waals surface area contributed by atoms with Gasteiger partial charge in [0.05, 0.1) is 11.4 Å². The molecule has 0 bridgehead atoms. The molecular weight excluding hydrogens is 346 g/mol. The number of hydrogen-bond acceptors (Lipinski definition) is 3. The Balaban J connectivity index is 1.60. The van der Waals surface area contributed by atoms with Gasteiger partial charge >= 0.3 is 0 Å². The molecule has 1 fully saturated rings. The highest BCUT2D eigenvalue weighted by atomic mass is 32.2. The highest BCUT2D eigenvalue weighted by Crippen LogP contribution is 2.34. The van der Waals surface area contributed by atoms with Crippen LogP contribution in [0, 0.1) is 0 Å². The lowest BCUT2D eigenvalue weighted by atomic mass is 10.1. The first-order valence-electron chi connectivity index (χ1n) is 7.99. The summed E-state index contributed by atoms with van der Waals surface area (Å²) in [4.78, 5) is 15.1. The fourth-order valence-electron chi connectivity index (χ4n) is 2.85. The molecule has 0 aromatic heterocycles. The number of nitrogens with zero attached hydrogens (tertiary/aromatic N) is 1. The Hall–Kier alpha value is -2.43. The molecule has 1 heterocycles. The summed E-state index contributed by atoms with van der Waals surface area (Å²) >= 11 is 6.78. The van der Waals surface area contributed by atoms with Gasteiger partial charge in [-0.25, -0.2) is 0 Å². The number of carbonyl (C=O) groups is 1. The number of hydrogen-bond donors (Lipinski definition) is 0. The van der Waals surface area contributed by atoms with E-state index in [2.05, 4.69) is 24.3 Å². The first kappa shape index (κ1) is 16.1. The second kappa shape index (κ2) is 6.82. The van der Waals surface area contributed by atoms with E-state index in [0.29, 0.717) is 15.8 Å². The standard InChI is InChI=1S/C21H15NOS2/c23-20-19(13-16-10-11-17-8-4-5-9-18(17)12-16)25-21(24)22(20)14-15-6-2-1-3-7-15/h1-13H,14H2/b19-13+. The normalized spacial score (nSPS) is 16.2. The van der Waals surface area contributed by atoms with Crippen molar-refractivity contribution in [1.29, 1.82) is 0 Å². The average molecular weight is 361 g/mol. The summed E-state index contributed by atoms with van der Waals surface area (Å²) in [5.41, 5.74) is 2.09. The van der Waals surface area contributed by atoms with Crippen LogP contribution in [-0.2, 0) is 11.3 Å². The molecule has 0 radical (unpaired) electrons. The van der Waals surface area contributed by atoms with Crippen LogP contribution in [0.2, 0.25) is 0 Å². The minimum Gasteiger partial charge on any atom is -0.288 e. The third-order valence-corrected chi connectivity index (χ3v) is 5.51. The zero-order chi connectivity index (χ0) is 17.2. The van der Waals surface area contributed by atoms with Crippen LogP contribution in [0.15, 0.2) is 77.7 Å². The van der Waals surface area contributed by atoms with E-state index in [9.17, 15) is 4.79 Å². The molecule has 0 aliphatic carbocycles. The number of carbonyl (C=O) groups excluding carboxylic acids is 1. The third kappa shape index (κ3) is 3.36. The Labute approximate surface area is 156 Å². The van der Waals surface area contributed by atoms with Crippen molar-refractivity contribution in [3.05, 3.63) is 88.8 Å². The van der Waals surface area contributed by atoms with E-state index < -0.39 is 0 Å². The fourth-order valence-corrected chi connectivity index (χ4v) is 4.11. The van der Waals surface area contributed by atoms with Crippen LogP contribution in [0.1, 0.15) is 11.1 Å². The van der Waals surface area contributed by atoms with E-state index in [1.165, 1.54) is 17.1 Å². The fraction of sp³-hybridized carbons (Fsp3) is 0.0476. The Kier molecular flexibility index (Phi) is 4.38. The van der Waals surface area contributed by atoms with Crippen LogP contribution in [0.5, 0.6) is 0 Å². The monoisotopic (exact) mass is 361 g/mol. The Morgan fingerprint density at radius 1 is 0.920 bits per heavy atom. The van der Waals surface area contributed by atoms with E-state index in [4.69, 9.17) is 12.2 Å². The van der Waals surface area contributed by atoms with Crippen molar-refractivity contribution in [2.24, 2.45) is 0 Å². The maximum absolute atomic E-state index is 12.7. The summed E-state index contributed by atoms with van der Waals surface area (Å²) in [5.74, 6) is -0.0213. The molecule has 0 atom stereocenters. The van der Waals surface area contributed by atoms with Crippen LogP contribution >= 0.6 is 24.0 Å². The molecule has 1 amide bonds. The smallest absolute Gasteiger partial charge is 0.266 e. The van der Waals surface area contributed by atoms with E-state index >= 15 is 0 Å². The van der Waals surface area contributed by atoms with Gasteiger partial charge in [0.2, 0.25) is 0 Å². The second-order valence-corrected chi connectivity index (χ2v) is 7.54. The highest BCUT2D eigenvalue weighted by molar-refractivity contribution is 8.26. The molecule has 1 saturated heterocycles. The number of thiocarbonyl (C=S) groups is 1. The first-order valence-corrected chi connectivity index (χ1v) is 9.21. The van der Waals surface area contributed by atoms with Gasteiger partial charge in [-0.1, -0.05) is 90.7 Å². The molecule has 122 valence electrons. The SMILES string of the molecule is O=C1/C(=C\c2ccc3ccccc3c2)SC(=S)N1Cc1ccccc1. The van der Waals surface area contributed by atoms with Crippen LogP contribution in [-0.4, -0.2) is 15.1 Å². The van der Waals surface area contributed by atoms with Crippen molar-refractivity contribution in [1.82, 2.24) is 4.90 Å². The van der Waals surface area contributed by atoms with Gasteiger partial charge in [-0.15, -0.1) is 0 Å². The molecule has 1 aliphatic rings. The van der Waals surface area contributed by atoms with Crippen molar-refractivity contribution < 1.29 is 4.79 Å². The lowest BCUT2D eigenvalue weighted by Crippen LogP contribution is -2.27. The lowest BCUT2D eigenvalue weighted by molar-refractivity contribution is -0.122. The van der Waals surface area contributed by atoms with Crippen molar-refractivity contribution in [2.75, 3.05) is 0 Å². The number of fused-ring (bicyclic) bond motifs is 1.